The van der Waals surface area contributed by atoms with Gasteiger partial charge >= 0.3 is 11.9 Å². The molecule has 1 saturated heterocycles. The molecule has 0 aliphatic carbocycles. The third-order valence-electron chi connectivity index (χ3n) is 4.35. The lowest BCUT2D eigenvalue weighted by Crippen LogP contribution is -2.33. The van der Waals surface area contributed by atoms with Gasteiger partial charge in [0.25, 0.3) is 0 Å². The molecule has 0 bridgehead atoms. The zero-order valence-corrected chi connectivity index (χ0v) is 15.4. The largest absolute Gasteiger partial charge is 0.477 e. The smallest absolute Gasteiger partial charge is 0.345 e. The molecule has 1 unspecified atom stereocenters. The van der Waals surface area contributed by atoms with Crippen molar-refractivity contribution in [2.75, 3.05) is 20.1 Å². The fourth-order valence-electron chi connectivity index (χ4n) is 3.00. The normalized spacial score (nSPS) is 18.6. The van der Waals surface area contributed by atoms with Crippen LogP contribution in [0.5, 0.6) is 0 Å². The molecule has 26 heavy (non-hydrogen) atoms. The molecule has 0 saturated carbocycles. The van der Waals surface area contributed by atoms with Crippen molar-refractivity contribution < 1.29 is 19.4 Å². The molecule has 1 aromatic carbocycles. The highest BCUT2D eigenvalue weighted by molar-refractivity contribution is 7.13. The van der Waals surface area contributed by atoms with Crippen LogP contribution in [0.15, 0.2) is 42.5 Å². The number of carbonyl (C=O) groups is 2. The van der Waals surface area contributed by atoms with E-state index in [1.54, 1.807) is 12.1 Å². The Morgan fingerprint density at radius 1 is 1.31 bits per heavy atom. The van der Waals surface area contributed by atoms with Crippen LogP contribution in [0.4, 0.5) is 0 Å². The van der Waals surface area contributed by atoms with E-state index in [1.807, 2.05) is 37.4 Å². The SMILES string of the molecule is CN1CC[C@H](OC(=O)C(NCc2ccc(C(=O)O)s2)c2ccccc2)C1. The second kappa shape index (κ2) is 8.44. The number of thiophene rings is 1. The number of ether oxygens (including phenoxy) is 1. The zero-order chi connectivity index (χ0) is 18.5. The third-order valence-corrected chi connectivity index (χ3v) is 5.43. The van der Waals surface area contributed by atoms with Crippen LogP contribution in [0.25, 0.3) is 0 Å². The summed E-state index contributed by atoms with van der Waals surface area (Å²) in [5, 5.41) is 12.3. The summed E-state index contributed by atoms with van der Waals surface area (Å²) in [6.45, 7) is 2.08. The fraction of sp³-hybridized carbons (Fsp3) is 0.368. The van der Waals surface area contributed by atoms with Gasteiger partial charge in [-0.3, -0.25) is 5.32 Å². The van der Waals surface area contributed by atoms with Crippen LogP contribution in [0.3, 0.4) is 0 Å². The van der Waals surface area contributed by atoms with Gasteiger partial charge in [-0.05, 0) is 31.2 Å². The summed E-state index contributed by atoms with van der Waals surface area (Å²) in [7, 11) is 2.01. The van der Waals surface area contributed by atoms with Crippen LogP contribution in [0.1, 0.15) is 32.6 Å². The van der Waals surface area contributed by atoms with Crippen molar-refractivity contribution in [3.05, 3.63) is 57.8 Å². The molecule has 6 nitrogen and oxygen atoms in total. The Hall–Kier alpha value is -2.22. The number of aromatic carboxylic acids is 1. The molecular formula is C19H22N2O4S. The fourth-order valence-corrected chi connectivity index (χ4v) is 3.79. The first-order valence-electron chi connectivity index (χ1n) is 8.52. The van der Waals surface area contributed by atoms with E-state index in [4.69, 9.17) is 9.84 Å². The molecule has 2 aromatic rings. The number of esters is 1. The maximum Gasteiger partial charge on any atom is 0.345 e. The summed E-state index contributed by atoms with van der Waals surface area (Å²) in [6, 6.07) is 12.2. The molecule has 2 atom stereocenters. The molecule has 138 valence electrons. The van der Waals surface area contributed by atoms with Gasteiger partial charge in [-0.15, -0.1) is 11.3 Å². The minimum Gasteiger partial charge on any atom is -0.477 e. The van der Waals surface area contributed by atoms with Crippen molar-refractivity contribution in [3.8, 4) is 0 Å². The van der Waals surface area contributed by atoms with Crippen molar-refractivity contribution >= 4 is 23.3 Å². The summed E-state index contributed by atoms with van der Waals surface area (Å²) < 4.78 is 5.70. The minimum atomic E-state index is -0.939. The number of nitrogens with one attached hydrogen (secondary N) is 1. The number of carbonyl (C=O) groups excluding carboxylic acids is 1. The van der Waals surface area contributed by atoms with Gasteiger partial charge in [0, 0.05) is 24.5 Å². The van der Waals surface area contributed by atoms with E-state index in [2.05, 4.69) is 10.2 Å². The van der Waals surface area contributed by atoms with Gasteiger partial charge in [0.1, 0.15) is 17.0 Å². The number of hydrogen-bond donors (Lipinski definition) is 2. The van der Waals surface area contributed by atoms with E-state index >= 15 is 0 Å². The average molecular weight is 374 g/mol. The first-order valence-corrected chi connectivity index (χ1v) is 9.34. The van der Waals surface area contributed by atoms with Crippen molar-refractivity contribution in [1.82, 2.24) is 10.2 Å². The summed E-state index contributed by atoms with van der Waals surface area (Å²) in [6.07, 6.45) is 0.761. The standard InChI is InChI=1S/C19H22N2O4S/c1-21-10-9-14(12-21)25-19(24)17(13-5-3-2-4-6-13)20-11-15-7-8-16(26-15)18(22)23/h2-8,14,17,20H,9-12H2,1H3,(H,22,23)/t14-,17?/m0/s1. The monoisotopic (exact) mass is 374 g/mol. The molecule has 7 heteroatoms. The lowest BCUT2D eigenvalue weighted by atomic mass is 10.1. The summed E-state index contributed by atoms with van der Waals surface area (Å²) in [5.41, 5.74) is 0.832. The molecule has 1 fully saturated rings. The number of benzene rings is 1. The van der Waals surface area contributed by atoms with E-state index in [-0.39, 0.29) is 17.0 Å². The number of carboxylic acid groups (broad SMARTS) is 1. The van der Waals surface area contributed by atoms with Crippen LogP contribution < -0.4 is 5.32 Å². The van der Waals surface area contributed by atoms with E-state index in [1.165, 1.54) is 11.3 Å². The van der Waals surface area contributed by atoms with Gasteiger partial charge in [0.15, 0.2) is 0 Å². The van der Waals surface area contributed by atoms with E-state index in [0.717, 1.165) is 30.0 Å². The first kappa shape index (κ1) is 18.6. The highest BCUT2D eigenvalue weighted by Crippen LogP contribution is 2.21. The number of likely N-dealkylation sites (tertiary alicyclic amines) is 1. The molecule has 2 heterocycles. The Bertz CT molecular complexity index is 762. The van der Waals surface area contributed by atoms with E-state index < -0.39 is 12.0 Å². The van der Waals surface area contributed by atoms with Crippen molar-refractivity contribution in [2.45, 2.75) is 25.1 Å². The van der Waals surface area contributed by atoms with Gasteiger partial charge in [0.05, 0.1) is 0 Å². The van der Waals surface area contributed by atoms with Gasteiger partial charge < -0.3 is 14.7 Å². The number of hydrogen-bond acceptors (Lipinski definition) is 6. The lowest BCUT2D eigenvalue weighted by molar-refractivity contribution is -0.151. The Labute approximate surface area is 156 Å². The highest BCUT2D eigenvalue weighted by Gasteiger charge is 2.28. The molecule has 3 rings (SSSR count). The van der Waals surface area contributed by atoms with Gasteiger partial charge in [0.2, 0.25) is 0 Å². The Kier molecular flexibility index (Phi) is 6.03. The molecule has 1 aromatic heterocycles. The molecule has 0 radical (unpaired) electrons. The van der Waals surface area contributed by atoms with Crippen molar-refractivity contribution in [3.63, 3.8) is 0 Å². The topological polar surface area (TPSA) is 78.9 Å². The average Bonchev–Trinajstić information content (AvgIpc) is 3.25. The summed E-state index contributed by atoms with van der Waals surface area (Å²) >= 11 is 1.20. The summed E-state index contributed by atoms with van der Waals surface area (Å²) in [4.78, 5) is 27.0. The zero-order valence-electron chi connectivity index (χ0n) is 14.6. The van der Waals surface area contributed by atoms with Crippen LogP contribution in [-0.2, 0) is 16.1 Å². The maximum atomic E-state index is 12.7. The van der Waals surface area contributed by atoms with Gasteiger partial charge in [-0.25, -0.2) is 9.59 Å². The number of rotatable bonds is 7. The second-order valence-electron chi connectivity index (χ2n) is 6.41. The van der Waals surface area contributed by atoms with Gasteiger partial charge in [-0.1, -0.05) is 30.3 Å². The van der Waals surface area contributed by atoms with Gasteiger partial charge in [-0.2, -0.15) is 0 Å². The van der Waals surface area contributed by atoms with E-state index in [9.17, 15) is 9.59 Å². The lowest BCUT2D eigenvalue weighted by Gasteiger charge is -2.20. The van der Waals surface area contributed by atoms with Crippen LogP contribution in [-0.4, -0.2) is 48.2 Å². The molecule has 2 N–H and O–H groups in total. The highest BCUT2D eigenvalue weighted by atomic mass is 32.1. The molecule has 1 aliphatic rings. The van der Waals surface area contributed by atoms with Crippen molar-refractivity contribution in [2.24, 2.45) is 0 Å². The van der Waals surface area contributed by atoms with E-state index in [0.29, 0.717) is 6.54 Å². The predicted octanol–water partition coefficient (Wildman–Crippen LogP) is 2.52. The maximum absolute atomic E-state index is 12.7. The van der Waals surface area contributed by atoms with Crippen LogP contribution in [0.2, 0.25) is 0 Å². The van der Waals surface area contributed by atoms with Crippen LogP contribution in [0, 0.1) is 0 Å². The number of likely N-dealkylation sites (N-methyl/N-ethyl adjacent to an activating group) is 1. The summed E-state index contributed by atoms with van der Waals surface area (Å²) in [5.74, 6) is -1.24. The molecule has 0 amide bonds. The van der Waals surface area contributed by atoms with Crippen molar-refractivity contribution in [1.29, 1.82) is 0 Å². The molecule has 1 aliphatic heterocycles. The number of carboxylic acids is 1. The predicted molar refractivity (Wildman–Crippen MR) is 99.3 cm³/mol. The third kappa shape index (κ3) is 4.69. The molecular weight excluding hydrogens is 352 g/mol. The Balaban J connectivity index is 1.68. The molecule has 0 spiro atoms. The quantitative estimate of drug-likeness (QED) is 0.725. The minimum absolute atomic E-state index is 0.0825. The number of nitrogens with zero attached hydrogens (tertiary/aromatic N) is 1. The Morgan fingerprint density at radius 3 is 2.69 bits per heavy atom. The second-order valence-corrected chi connectivity index (χ2v) is 7.57. The Morgan fingerprint density at radius 2 is 2.08 bits per heavy atom. The van der Waals surface area contributed by atoms with Crippen LogP contribution >= 0.6 is 11.3 Å². The first-order chi connectivity index (χ1) is 12.5.